The third-order valence-electron chi connectivity index (χ3n) is 4.16. The van der Waals surface area contributed by atoms with Gasteiger partial charge < -0.3 is 9.80 Å². The molecule has 4 heterocycles. The van der Waals surface area contributed by atoms with E-state index in [-0.39, 0.29) is 0 Å². The first-order valence-corrected chi connectivity index (χ1v) is 8.25. The molecule has 0 aliphatic carbocycles. The van der Waals surface area contributed by atoms with Gasteiger partial charge in [0.05, 0.1) is 0 Å². The van der Waals surface area contributed by atoms with E-state index in [9.17, 15) is 0 Å². The minimum atomic E-state index is 1.13. The van der Waals surface area contributed by atoms with Gasteiger partial charge in [-0.25, -0.2) is 9.97 Å². The van der Waals surface area contributed by atoms with E-state index >= 15 is 0 Å². The van der Waals surface area contributed by atoms with E-state index in [1.165, 1.54) is 51.9 Å². The Morgan fingerprint density at radius 1 is 0.591 bits per heavy atom. The van der Waals surface area contributed by atoms with Crippen LogP contribution < -0.4 is 9.80 Å². The summed E-state index contributed by atoms with van der Waals surface area (Å²) in [5.74, 6) is 2.26. The fourth-order valence-electron chi connectivity index (χ4n) is 2.97. The quantitative estimate of drug-likeness (QED) is 0.850. The maximum atomic E-state index is 4.29. The molecule has 116 valence electrons. The summed E-state index contributed by atoms with van der Waals surface area (Å²) in [5.41, 5.74) is 0. The van der Waals surface area contributed by atoms with Gasteiger partial charge in [0, 0.05) is 38.6 Å². The molecule has 0 unspecified atom stereocenters. The maximum Gasteiger partial charge on any atom is 0.128 e. The second-order valence-electron chi connectivity index (χ2n) is 5.76. The highest BCUT2D eigenvalue weighted by atomic mass is 15.2. The summed E-state index contributed by atoms with van der Waals surface area (Å²) < 4.78 is 0. The van der Waals surface area contributed by atoms with E-state index in [0.717, 1.165) is 11.6 Å². The fourth-order valence-corrected chi connectivity index (χ4v) is 2.97. The highest BCUT2D eigenvalue weighted by Gasteiger charge is 2.12. The number of pyridine rings is 2. The lowest BCUT2D eigenvalue weighted by Gasteiger charge is -2.14. The lowest BCUT2D eigenvalue weighted by atomic mass is 10.4. The molecule has 0 bridgehead atoms. The number of anilines is 2. The van der Waals surface area contributed by atoms with E-state index in [1.807, 2.05) is 36.7 Å². The number of aromatic nitrogens is 2. The summed E-state index contributed by atoms with van der Waals surface area (Å²) in [6.07, 6.45) is 8.97. The molecule has 4 nitrogen and oxygen atoms in total. The average Bonchev–Trinajstić information content (AvgIpc) is 3.31. The van der Waals surface area contributed by atoms with Gasteiger partial charge in [-0.2, -0.15) is 0 Å². The van der Waals surface area contributed by atoms with Crippen molar-refractivity contribution < 1.29 is 0 Å². The first-order valence-electron chi connectivity index (χ1n) is 8.25. The van der Waals surface area contributed by atoms with E-state index in [4.69, 9.17) is 0 Å². The molecule has 0 aromatic carbocycles. The van der Waals surface area contributed by atoms with E-state index in [0.29, 0.717) is 0 Å². The third kappa shape index (κ3) is 3.97. The second kappa shape index (κ2) is 7.78. The smallest absolute Gasteiger partial charge is 0.128 e. The Balaban J connectivity index is 0.000000131. The van der Waals surface area contributed by atoms with E-state index in [1.54, 1.807) is 0 Å². The fraction of sp³-hybridized carbons (Fsp3) is 0.444. The van der Waals surface area contributed by atoms with Crippen LogP contribution in [0.3, 0.4) is 0 Å². The summed E-state index contributed by atoms with van der Waals surface area (Å²) in [6.45, 7) is 4.71. The molecule has 0 atom stereocenters. The molecule has 2 aliphatic heterocycles. The standard InChI is InChI=1S/2C9H12N2/c2*1-2-6-10-9(5-1)11-7-3-4-8-11/h2*1-2,5-6H,3-4,7-8H2. The normalized spacial score (nSPS) is 17.3. The topological polar surface area (TPSA) is 32.3 Å². The summed E-state index contributed by atoms with van der Waals surface area (Å²) >= 11 is 0. The molecule has 0 radical (unpaired) electrons. The van der Waals surface area contributed by atoms with Crippen LogP contribution in [-0.4, -0.2) is 36.1 Å². The van der Waals surface area contributed by atoms with Crippen LogP contribution >= 0.6 is 0 Å². The van der Waals surface area contributed by atoms with Gasteiger partial charge in [-0.15, -0.1) is 0 Å². The van der Waals surface area contributed by atoms with Crippen molar-refractivity contribution >= 4 is 11.6 Å². The second-order valence-corrected chi connectivity index (χ2v) is 5.76. The van der Waals surface area contributed by atoms with Crippen LogP contribution in [0.4, 0.5) is 11.6 Å². The molecular formula is C18H24N4. The van der Waals surface area contributed by atoms with Gasteiger partial charge in [-0.3, -0.25) is 0 Å². The highest BCUT2D eigenvalue weighted by molar-refractivity contribution is 5.39. The molecule has 0 amide bonds. The lowest BCUT2D eigenvalue weighted by molar-refractivity contribution is 0.938. The van der Waals surface area contributed by atoms with Crippen molar-refractivity contribution in [2.24, 2.45) is 0 Å². The van der Waals surface area contributed by atoms with Gasteiger partial charge in [-0.1, -0.05) is 12.1 Å². The number of rotatable bonds is 2. The summed E-state index contributed by atoms with van der Waals surface area (Å²) in [5, 5.41) is 0. The van der Waals surface area contributed by atoms with Crippen molar-refractivity contribution in [3.05, 3.63) is 48.8 Å². The van der Waals surface area contributed by atoms with Crippen molar-refractivity contribution in [2.75, 3.05) is 36.0 Å². The summed E-state index contributed by atoms with van der Waals surface area (Å²) in [6, 6.07) is 12.1. The Morgan fingerprint density at radius 3 is 1.32 bits per heavy atom. The molecule has 2 saturated heterocycles. The van der Waals surface area contributed by atoms with Gasteiger partial charge >= 0.3 is 0 Å². The average molecular weight is 296 g/mol. The Hall–Kier alpha value is -2.10. The maximum absolute atomic E-state index is 4.29. The van der Waals surface area contributed by atoms with Crippen LogP contribution in [0, 0.1) is 0 Å². The Bertz CT molecular complexity index is 480. The number of hydrogen-bond acceptors (Lipinski definition) is 4. The first kappa shape index (κ1) is 14.8. The zero-order chi connectivity index (χ0) is 15.0. The highest BCUT2D eigenvalue weighted by Crippen LogP contribution is 2.16. The number of nitrogens with zero attached hydrogens (tertiary/aromatic N) is 4. The summed E-state index contributed by atoms with van der Waals surface area (Å²) in [7, 11) is 0. The van der Waals surface area contributed by atoms with Crippen LogP contribution in [0.15, 0.2) is 48.8 Å². The molecule has 2 aromatic heterocycles. The molecule has 4 rings (SSSR count). The SMILES string of the molecule is c1ccc(N2CCCC2)nc1.c1ccc(N2CCCC2)nc1. The van der Waals surface area contributed by atoms with Crippen LogP contribution in [-0.2, 0) is 0 Å². The molecule has 0 N–H and O–H groups in total. The van der Waals surface area contributed by atoms with Crippen molar-refractivity contribution in [1.29, 1.82) is 0 Å². The van der Waals surface area contributed by atoms with Crippen molar-refractivity contribution in [3.8, 4) is 0 Å². The van der Waals surface area contributed by atoms with Crippen LogP contribution in [0.5, 0.6) is 0 Å². The van der Waals surface area contributed by atoms with Gasteiger partial charge in [-0.05, 0) is 49.9 Å². The largest absolute Gasteiger partial charge is 0.357 e. The van der Waals surface area contributed by atoms with Gasteiger partial charge in [0.2, 0.25) is 0 Å². The Morgan fingerprint density at radius 2 is 1.00 bits per heavy atom. The minimum absolute atomic E-state index is 1.13. The van der Waals surface area contributed by atoms with Crippen molar-refractivity contribution in [2.45, 2.75) is 25.7 Å². The number of hydrogen-bond donors (Lipinski definition) is 0. The van der Waals surface area contributed by atoms with Crippen LogP contribution in [0.1, 0.15) is 25.7 Å². The molecule has 0 saturated carbocycles. The molecule has 2 aromatic rings. The molecule has 0 spiro atoms. The Kier molecular flexibility index (Phi) is 5.24. The monoisotopic (exact) mass is 296 g/mol. The predicted molar refractivity (Wildman–Crippen MR) is 91.4 cm³/mol. The van der Waals surface area contributed by atoms with Crippen molar-refractivity contribution in [1.82, 2.24) is 9.97 Å². The van der Waals surface area contributed by atoms with E-state index < -0.39 is 0 Å². The first-order chi connectivity index (χ1) is 10.9. The molecule has 2 aliphatic rings. The molecule has 4 heteroatoms. The minimum Gasteiger partial charge on any atom is -0.357 e. The Labute approximate surface area is 132 Å². The third-order valence-corrected chi connectivity index (χ3v) is 4.16. The predicted octanol–water partition coefficient (Wildman–Crippen LogP) is 3.36. The molecule has 2 fully saturated rings. The van der Waals surface area contributed by atoms with Crippen molar-refractivity contribution in [3.63, 3.8) is 0 Å². The van der Waals surface area contributed by atoms with Gasteiger partial charge in [0.25, 0.3) is 0 Å². The van der Waals surface area contributed by atoms with E-state index in [2.05, 4.69) is 31.9 Å². The van der Waals surface area contributed by atoms with Crippen LogP contribution in [0.25, 0.3) is 0 Å². The zero-order valence-electron chi connectivity index (χ0n) is 13.1. The lowest BCUT2D eigenvalue weighted by Crippen LogP contribution is -2.18. The zero-order valence-corrected chi connectivity index (χ0v) is 13.1. The summed E-state index contributed by atoms with van der Waals surface area (Å²) in [4.78, 5) is 13.2. The van der Waals surface area contributed by atoms with Crippen LogP contribution in [0.2, 0.25) is 0 Å². The molecule has 22 heavy (non-hydrogen) atoms. The van der Waals surface area contributed by atoms with Gasteiger partial charge in [0.1, 0.15) is 11.6 Å². The van der Waals surface area contributed by atoms with Gasteiger partial charge in [0.15, 0.2) is 0 Å². The molecular weight excluding hydrogens is 272 g/mol.